The zero-order valence-corrected chi connectivity index (χ0v) is 10.3. The van der Waals surface area contributed by atoms with E-state index in [-0.39, 0.29) is 11.7 Å². The van der Waals surface area contributed by atoms with E-state index in [9.17, 15) is 0 Å². The summed E-state index contributed by atoms with van der Waals surface area (Å²) in [6.07, 6.45) is -0.237. The van der Waals surface area contributed by atoms with Crippen LogP contribution in [-0.2, 0) is 9.78 Å². The summed E-state index contributed by atoms with van der Waals surface area (Å²) < 4.78 is 0. The highest BCUT2D eigenvalue weighted by Gasteiger charge is 2.12. The van der Waals surface area contributed by atoms with Gasteiger partial charge in [0, 0.05) is 5.56 Å². The van der Waals surface area contributed by atoms with Gasteiger partial charge in [0.1, 0.15) is 0 Å². The molecular formula is C14H18O2. The third kappa shape index (κ3) is 5.55. The number of benzene rings is 1. The Kier molecular flexibility index (Phi) is 4.54. The van der Waals surface area contributed by atoms with Crippen LogP contribution in [0, 0.1) is 11.8 Å². The van der Waals surface area contributed by atoms with Gasteiger partial charge >= 0.3 is 0 Å². The van der Waals surface area contributed by atoms with E-state index in [1.54, 1.807) is 0 Å². The van der Waals surface area contributed by atoms with Crippen molar-refractivity contribution in [3.63, 3.8) is 0 Å². The van der Waals surface area contributed by atoms with Crippen LogP contribution in [0.25, 0.3) is 0 Å². The van der Waals surface area contributed by atoms with Crippen molar-refractivity contribution in [1.29, 1.82) is 0 Å². The second kappa shape index (κ2) is 5.69. The molecule has 0 heterocycles. The third-order valence-electron chi connectivity index (χ3n) is 1.64. The van der Waals surface area contributed by atoms with E-state index in [0.29, 0.717) is 0 Å². The van der Waals surface area contributed by atoms with Gasteiger partial charge < -0.3 is 0 Å². The number of rotatable bonds is 2. The Morgan fingerprint density at radius 2 is 1.75 bits per heavy atom. The van der Waals surface area contributed by atoms with Crippen molar-refractivity contribution in [3.8, 4) is 11.8 Å². The van der Waals surface area contributed by atoms with Gasteiger partial charge in [0.05, 0.1) is 5.60 Å². The van der Waals surface area contributed by atoms with Crippen LogP contribution in [0.2, 0.25) is 0 Å². The molecule has 0 radical (unpaired) electrons. The molecule has 2 heteroatoms. The van der Waals surface area contributed by atoms with Gasteiger partial charge in [-0.3, -0.25) is 0 Å². The average molecular weight is 218 g/mol. The Bertz CT molecular complexity index is 365. The van der Waals surface area contributed by atoms with E-state index >= 15 is 0 Å². The first-order chi connectivity index (χ1) is 7.47. The molecule has 0 aliphatic heterocycles. The van der Waals surface area contributed by atoms with Crippen molar-refractivity contribution in [2.75, 3.05) is 0 Å². The second-order valence-electron chi connectivity index (χ2n) is 4.57. The molecule has 0 N–H and O–H groups in total. The van der Waals surface area contributed by atoms with Crippen LogP contribution in [0.4, 0.5) is 0 Å². The highest BCUT2D eigenvalue weighted by molar-refractivity contribution is 5.34. The van der Waals surface area contributed by atoms with Crippen LogP contribution in [0.5, 0.6) is 0 Å². The molecule has 0 aliphatic rings. The molecule has 2 nitrogen and oxygen atoms in total. The highest BCUT2D eigenvalue weighted by atomic mass is 17.2. The van der Waals surface area contributed by atoms with Crippen molar-refractivity contribution < 1.29 is 9.78 Å². The predicted molar refractivity (Wildman–Crippen MR) is 64.7 cm³/mol. The molecule has 86 valence electrons. The van der Waals surface area contributed by atoms with Gasteiger partial charge in [0.15, 0.2) is 6.10 Å². The first-order valence-electron chi connectivity index (χ1n) is 5.38. The Morgan fingerprint density at radius 3 is 2.31 bits per heavy atom. The summed E-state index contributed by atoms with van der Waals surface area (Å²) in [7, 11) is 0. The van der Waals surface area contributed by atoms with Crippen molar-refractivity contribution in [3.05, 3.63) is 35.9 Å². The maximum atomic E-state index is 5.18. The maximum Gasteiger partial charge on any atom is 0.151 e. The molecule has 16 heavy (non-hydrogen) atoms. The minimum atomic E-state index is -0.303. The van der Waals surface area contributed by atoms with Crippen molar-refractivity contribution in [2.24, 2.45) is 0 Å². The van der Waals surface area contributed by atoms with Crippen molar-refractivity contribution in [1.82, 2.24) is 0 Å². The Balaban J connectivity index is 2.46. The largest absolute Gasteiger partial charge is 0.230 e. The van der Waals surface area contributed by atoms with Crippen molar-refractivity contribution >= 4 is 0 Å². The Labute approximate surface area is 97.5 Å². The summed E-state index contributed by atoms with van der Waals surface area (Å²) in [6.45, 7) is 7.67. The van der Waals surface area contributed by atoms with Gasteiger partial charge in [-0.1, -0.05) is 30.0 Å². The summed E-state index contributed by atoms with van der Waals surface area (Å²) >= 11 is 0. The molecule has 0 amide bonds. The summed E-state index contributed by atoms with van der Waals surface area (Å²) in [6, 6.07) is 9.81. The SMILES string of the molecule is CC(C#Cc1ccccc1)OOC(C)(C)C. The molecule has 0 saturated carbocycles. The summed E-state index contributed by atoms with van der Waals surface area (Å²) in [5, 5.41) is 0. The lowest BCUT2D eigenvalue weighted by molar-refractivity contribution is -0.360. The predicted octanol–water partition coefficient (Wildman–Crippen LogP) is 3.17. The Morgan fingerprint density at radius 1 is 1.12 bits per heavy atom. The monoisotopic (exact) mass is 218 g/mol. The van der Waals surface area contributed by atoms with Gasteiger partial charge in [-0.2, -0.15) is 0 Å². The van der Waals surface area contributed by atoms with E-state index < -0.39 is 0 Å². The van der Waals surface area contributed by atoms with Gasteiger partial charge in [-0.25, -0.2) is 9.78 Å². The molecule has 1 aromatic carbocycles. The summed E-state index contributed by atoms with van der Waals surface area (Å²) in [4.78, 5) is 10.3. The van der Waals surface area contributed by atoms with Crippen molar-refractivity contribution in [2.45, 2.75) is 39.4 Å². The zero-order valence-electron chi connectivity index (χ0n) is 10.3. The molecule has 1 aromatic rings. The van der Waals surface area contributed by atoms with Crippen LogP contribution in [0.15, 0.2) is 30.3 Å². The molecular weight excluding hydrogens is 200 g/mol. The number of hydrogen-bond acceptors (Lipinski definition) is 2. The summed E-state index contributed by atoms with van der Waals surface area (Å²) in [5.74, 6) is 6.00. The van der Waals surface area contributed by atoms with Crippen LogP contribution >= 0.6 is 0 Å². The topological polar surface area (TPSA) is 18.5 Å². The Hall–Kier alpha value is -1.30. The van der Waals surface area contributed by atoms with Gasteiger partial charge in [0.2, 0.25) is 0 Å². The molecule has 0 aromatic heterocycles. The van der Waals surface area contributed by atoms with E-state index in [0.717, 1.165) is 5.56 Å². The van der Waals surface area contributed by atoms with Crippen LogP contribution < -0.4 is 0 Å². The van der Waals surface area contributed by atoms with E-state index in [4.69, 9.17) is 9.78 Å². The first kappa shape index (κ1) is 12.8. The third-order valence-corrected chi connectivity index (χ3v) is 1.64. The molecule has 1 rings (SSSR count). The standard InChI is InChI=1S/C14H18O2/c1-12(15-16-14(2,3)4)10-11-13-8-6-5-7-9-13/h5-9,12H,1-4H3. The average Bonchev–Trinajstić information content (AvgIpc) is 2.24. The van der Waals surface area contributed by atoms with E-state index in [1.165, 1.54) is 0 Å². The zero-order chi connectivity index (χ0) is 12.0. The molecule has 1 atom stereocenters. The van der Waals surface area contributed by atoms with Crippen LogP contribution in [-0.4, -0.2) is 11.7 Å². The molecule has 0 bridgehead atoms. The van der Waals surface area contributed by atoms with E-state index in [2.05, 4.69) is 11.8 Å². The lowest BCUT2D eigenvalue weighted by Crippen LogP contribution is -2.22. The fourth-order valence-corrected chi connectivity index (χ4v) is 0.947. The number of hydrogen-bond donors (Lipinski definition) is 0. The quantitative estimate of drug-likeness (QED) is 0.431. The van der Waals surface area contributed by atoms with Crippen LogP contribution in [0.3, 0.4) is 0 Å². The maximum absolute atomic E-state index is 5.18. The molecule has 1 unspecified atom stereocenters. The van der Waals surface area contributed by atoms with E-state index in [1.807, 2.05) is 58.0 Å². The molecule has 0 aliphatic carbocycles. The summed E-state index contributed by atoms with van der Waals surface area (Å²) in [5.41, 5.74) is 0.677. The lowest BCUT2D eigenvalue weighted by atomic mass is 10.2. The van der Waals surface area contributed by atoms with Gasteiger partial charge in [-0.05, 0) is 39.8 Å². The first-order valence-corrected chi connectivity index (χ1v) is 5.38. The smallest absolute Gasteiger partial charge is 0.151 e. The molecule has 0 saturated heterocycles. The van der Waals surface area contributed by atoms with Gasteiger partial charge in [0.25, 0.3) is 0 Å². The normalized spacial score (nSPS) is 12.8. The fraction of sp³-hybridized carbons (Fsp3) is 0.429. The lowest BCUT2D eigenvalue weighted by Gasteiger charge is -2.18. The minimum Gasteiger partial charge on any atom is -0.230 e. The second-order valence-corrected chi connectivity index (χ2v) is 4.57. The molecule has 0 fully saturated rings. The molecule has 0 spiro atoms. The highest BCUT2D eigenvalue weighted by Crippen LogP contribution is 2.08. The van der Waals surface area contributed by atoms with Gasteiger partial charge in [-0.15, -0.1) is 0 Å². The fourth-order valence-electron chi connectivity index (χ4n) is 0.947. The van der Waals surface area contributed by atoms with Crippen LogP contribution in [0.1, 0.15) is 33.3 Å². The minimum absolute atomic E-state index is 0.237.